The number of halogens is 3. The largest absolute Gasteiger partial charge is 0.417 e. The molecule has 3 nitrogen and oxygen atoms in total. The summed E-state index contributed by atoms with van der Waals surface area (Å²) in [6.07, 6.45) is -3.08. The van der Waals surface area contributed by atoms with Gasteiger partial charge in [0.05, 0.1) is 11.1 Å². The Morgan fingerprint density at radius 2 is 1.74 bits per heavy atom. The van der Waals surface area contributed by atoms with Crippen molar-refractivity contribution >= 4 is 0 Å². The molecular weight excluding hydrogens is 257 g/mol. The Kier molecular flexibility index (Phi) is 3.04. The van der Waals surface area contributed by atoms with Gasteiger partial charge in [-0.2, -0.15) is 13.2 Å². The second kappa shape index (κ2) is 4.29. The summed E-state index contributed by atoms with van der Waals surface area (Å²) in [4.78, 5) is 12.0. The number of rotatable bonds is 1. The summed E-state index contributed by atoms with van der Waals surface area (Å²) >= 11 is 0. The third-order valence-electron chi connectivity index (χ3n) is 3.16. The van der Waals surface area contributed by atoms with E-state index in [1.807, 2.05) is 0 Å². The molecule has 0 bridgehead atoms. The summed E-state index contributed by atoms with van der Waals surface area (Å²) in [5.41, 5.74) is -1.11. The quantitative estimate of drug-likeness (QED) is 0.782. The van der Waals surface area contributed by atoms with Crippen molar-refractivity contribution in [2.45, 2.75) is 13.1 Å². The van der Waals surface area contributed by atoms with Crippen LogP contribution in [0.5, 0.6) is 0 Å². The molecule has 0 aliphatic heterocycles. The molecule has 1 heterocycles. The fourth-order valence-corrected chi connectivity index (χ4v) is 2.10. The van der Waals surface area contributed by atoms with Crippen molar-refractivity contribution in [3.63, 3.8) is 0 Å². The first-order chi connectivity index (χ1) is 8.73. The Balaban J connectivity index is 2.80. The number of aryl methyl sites for hydroxylation is 2. The van der Waals surface area contributed by atoms with E-state index in [0.29, 0.717) is 0 Å². The van der Waals surface area contributed by atoms with Crippen LogP contribution in [-0.2, 0) is 20.3 Å². The Morgan fingerprint density at radius 1 is 1.11 bits per heavy atom. The molecule has 0 amide bonds. The van der Waals surface area contributed by atoms with Gasteiger partial charge in [-0.15, -0.1) is 0 Å². The topological polar surface area (TPSA) is 26.9 Å². The summed E-state index contributed by atoms with van der Waals surface area (Å²) in [6, 6.07) is 4.23. The van der Waals surface area contributed by atoms with Crippen LogP contribution >= 0.6 is 0 Å². The Labute approximate surface area is 107 Å². The molecule has 6 heteroatoms. The van der Waals surface area contributed by atoms with E-state index in [0.717, 1.165) is 0 Å². The van der Waals surface area contributed by atoms with E-state index in [4.69, 9.17) is 0 Å². The van der Waals surface area contributed by atoms with Crippen molar-refractivity contribution < 1.29 is 13.2 Å². The average molecular weight is 270 g/mol. The first kappa shape index (κ1) is 13.5. The van der Waals surface area contributed by atoms with Crippen LogP contribution in [0.1, 0.15) is 11.1 Å². The van der Waals surface area contributed by atoms with Crippen LogP contribution < -0.4 is 5.56 Å². The lowest BCUT2D eigenvalue weighted by atomic mass is 9.97. The van der Waals surface area contributed by atoms with Crippen molar-refractivity contribution in [3.8, 4) is 11.1 Å². The van der Waals surface area contributed by atoms with Crippen LogP contribution in [0.2, 0.25) is 0 Å². The molecule has 1 aromatic heterocycles. The van der Waals surface area contributed by atoms with Gasteiger partial charge in [0.1, 0.15) is 0 Å². The number of nitrogens with zero attached hydrogens (tertiary/aromatic N) is 2. The number of benzene rings is 1. The second-order valence-corrected chi connectivity index (χ2v) is 4.44. The Hall–Kier alpha value is -1.98. The SMILES string of the molecule is Cc1cccc(-c2cn(C)n(C)c2=O)c1C(F)(F)F. The van der Waals surface area contributed by atoms with Gasteiger partial charge >= 0.3 is 6.18 Å². The predicted octanol–water partition coefficient (Wildman–Crippen LogP) is 2.72. The minimum atomic E-state index is -4.48. The van der Waals surface area contributed by atoms with E-state index >= 15 is 0 Å². The van der Waals surface area contributed by atoms with E-state index in [-0.39, 0.29) is 16.7 Å². The third kappa shape index (κ3) is 2.18. The van der Waals surface area contributed by atoms with Crippen LogP contribution in [0, 0.1) is 6.92 Å². The summed E-state index contributed by atoms with van der Waals surface area (Å²) in [5.74, 6) is 0. The molecule has 2 aromatic rings. The lowest BCUT2D eigenvalue weighted by Crippen LogP contribution is -2.18. The van der Waals surface area contributed by atoms with Crippen LogP contribution in [0.15, 0.2) is 29.2 Å². The average Bonchev–Trinajstić information content (AvgIpc) is 2.55. The highest BCUT2D eigenvalue weighted by Gasteiger charge is 2.36. The van der Waals surface area contributed by atoms with E-state index in [1.165, 1.54) is 47.7 Å². The number of aromatic nitrogens is 2. The van der Waals surface area contributed by atoms with Gasteiger partial charge in [0.15, 0.2) is 0 Å². The molecular formula is C13H13F3N2O. The number of hydrogen-bond acceptors (Lipinski definition) is 1. The fraction of sp³-hybridized carbons (Fsp3) is 0.308. The fourth-order valence-electron chi connectivity index (χ4n) is 2.10. The van der Waals surface area contributed by atoms with Crippen molar-refractivity contribution in [2.24, 2.45) is 14.1 Å². The lowest BCUT2D eigenvalue weighted by molar-refractivity contribution is -0.137. The monoisotopic (exact) mass is 270 g/mol. The molecule has 0 unspecified atom stereocenters. The zero-order valence-electron chi connectivity index (χ0n) is 10.7. The van der Waals surface area contributed by atoms with E-state index < -0.39 is 17.3 Å². The Bertz CT molecular complexity index is 680. The van der Waals surface area contributed by atoms with Crippen molar-refractivity contribution in [1.29, 1.82) is 0 Å². The van der Waals surface area contributed by atoms with Crippen LogP contribution in [-0.4, -0.2) is 9.36 Å². The lowest BCUT2D eigenvalue weighted by Gasteiger charge is -2.14. The maximum atomic E-state index is 13.1. The molecule has 1 aromatic carbocycles. The zero-order valence-corrected chi connectivity index (χ0v) is 10.7. The van der Waals surface area contributed by atoms with Crippen molar-refractivity contribution in [3.05, 3.63) is 45.9 Å². The zero-order chi connectivity index (χ0) is 14.4. The van der Waals surface area contributed by atoms with Crippen LogP contribution in [0.25, 0.3) is 11.1 Å². The summed E-state index contributed by atoms with van der Waals surface area (Å²) in [6.45, 7) is 1.39. The van der Waals surface area contributed by atoms with Gasteiger partial charge in [0.25, 0.3) is 5.56 Å². The van der Waals surface area contributed by atoms with Gasteiger partial charge in [0, 0.05) is 25.9 Å². The molecule has 0 fully saturated rings. The van der Waals surface area contributed by atoms with Crippen LogP contribution in [0.4, 0.5) is 13.2 Å². The predicted molar refractivity (Wildman–Crippen MR) is 65.8 cm³/mol. The molecule has 2 rings (SSSR count). The summed E-state index contributed by atoms with van der Waals surface area (Å²) in [7, 11) is 3.11. The van der Waals surface area contributed by atoms with E-state index in [1.54, 1.807) is 7.05 Å². The van der Waals surface area contributed by atoms with E-state index in [2.05, 4.69) is 0 Å². The highest BCUT2D eigenvalue weighted by Crippen LogP contribution is 2.38. The molecule has 19 heavy (non-hydrogen) atoms. The summed E-state index contributed by atoms with van der Waals surface area (Å²) in [5, 5.41) is 0. The minimum absolute atomic E-state index is 0.0565. The first-order valence-electron chi connectivity index (χ1n) is 5.63. The maximum Gasteiger partial charge on any atom is 0.417 e. The van der Waals surface area contributed by atoms with Gasteiger partial charge in [0.2, 0.25) is 0 Å². The standard InChI is InChI=1S/C13H13F3N2O/c1-8-5-4-6-9(11(8)13(14,15)16)10-7-17(2)18(3)12(10)19/h4-7H,1-3H3. The molecule has 0 aliphatic carbocycles. The normalized spacial score (nSPS) is 11.9. The Morgan fingerprint density at radius 3 is 2.21 bits per heavy atom. The van der Waals surface area contributed by atoms with Crippen LogP contribution in [0.3, 0.4) is 0 Å². The molecule has 0 atom stereocenters. The van der Waals surface area contributed by atoms with Gasteiger partial charge < -0.3 is 0 Å². The third-order valence-corrected chi connectivity index (χ3v) is 3.16. The molecule has 0 saturated heterocycles. The van der Waals surface area contributed by atoms with Gasteiger partial charge in [-0.3, -0.25) is 14.2 Å². The minimum Gasteiger partial charge on any atom is -0.293 e. The maximum absolute atomic E-state index is 13.1. The van der Waals surface area contributed by atoms with Gasteiger partial charge in [-0.05, 0) is 12.5 Å². The smallest absolute Gasteiger partial charge is 0.293 e. The molecule has 0 spiro atoms. The van der Waals surface area contributed by atoms with Gasteiger partial charge in [-0.25, -0.2) is 0 Å². The molecule has 0 saturated carbocycles. The highest BCUT2D eigenvalue weighted by molar-refractivity contribution is 5.68. The first-order valence-corrected chi connectivity index (χ1v) is 5.63. The number of hydrogen-bond donors (Lipinski definition) is 0. The molecule has 0 N–H and O–H groups in total. The summed E-state index contributed by atoms with van der Waals surface area (Å²) < 4.78 is 42.1. The highest BCUT2D eigenvalue weighted by atomic mass is 19.4. The molecule has 0 aliphatic rings. The molecule has 0 radical (unpaired) electrons. The van der Waals surface area contributed by atoms with E-state index in [9.17, 15) is 18.0 Å². The second-order valence-electron chi connectivity index (χ2n) is 4.44. The van der Waals surface area contributed by atoms with Crippen molar-refractivity contribution in [2.75, 3.05) is 0 Å². The van der Waals surface area contributed by atoms with Gasteiger partial charge in [-0.1, -0.05) is 18.2 Å². The molecule has 102 valence electrons. The number of alkyl halides is 3. The van der Waals surface area contributed by atoms with Crippen molar-refractivity contribution in [1.82, 2.24) is 9.36 Å².